The van der Waals surface area contributed by atoms with E-state index in [1.54, 1.807) is 6.07 Å². The second-order valence-electron chi connectivity index (χ2n) is 3.29. The number of morpholine rings is 1. The lowest BCUT2D eigenvalue weighted by atomic mass is 10.3. The Balaban J connectivity index is 2.61. The van der Waals surface area contributed by atoms with Gasteiger partial charge in [0.1, 0.15) is 6.54 Å². The van der Waals surface area contributed by atoms with E-state index < -0.39 is 29.0 Å². The zero-order chi connectivity index (χ0) is 13.1. The van der Waals surface area contributed by atoms with Crippen LogP contribution in [-0.2, 0) is 14.9 Å². The standard InChI is InChI=1S/C7H10F3N3O3S/c8-7(9,10)5-12-17(14,15)13-1-2-16-6(3-11)4-13/h6,12H,1-2,4-5H2. The quantitative estimate of drug-likeness (QED) is 0.759. The molecule has 10 heteroatoms. The Morgan fingerprint density at radius 2 is 2.18 bits per heavy atom. The lowest BCUT2D eigenvalue weighted by molar-refractivity contribution is -0.121. The van der Waals surface area contributed by atoms with Gasteiger partial charge in [-0.2, -0.15) is 35.9 Å². The summed E-state index contributed by atoms with van der Waals surface area (Å²) in [6.45, 7) is -2.01. The Hall–Kier alpha value is -0.890. The van der Waals surface area contributed by atoms with E-state index in [0.717, 1.165) is 4.31 Å². The van der Waals surface area contributed by atoms with Crippen LogP contribution in [-0.4, -0.2) is 51.2 Å². The molecule has 0 amide bonds. The molecule has 0 aromatic carbocycles. The molecule has 0 radical (unpaired) electrons. The molecule has 1 atom stereocenters. The van der Waals surface area contributed by atoms with Gasteiger partial charge >= 0.3 is 6.18 Å². The lowest BCUT2D eigenvalue weighted by Gasteiger charge is -2.28. The summed E-state index contributed by atoms with van der Waals surface area (Å²) >= 11 is 0. The molecule has 1 heterocycles. The molecule has 0 aromatic heterocycles. The molecular formula is C7H10F3N3O3S. The molecule has 6 nitrogen and oxygen atoms in total. The molecule has 17 heavy (non-hydrogen) atoms. The van der Waals surface area contributed by atoms with Crippen LogP contribution in [0.1, 0.15) is 0 Å². The van der Waals surface area contributed by atoms with Gasteiger partial charge in [0, 0.05) is 6.54 Å². The molecule has 1 fully saturated rings. The number of alkyl halides is 3. The van der Waals surface area contributed by atoms with Gasteiger partial charge in [-0.3, -0.25) is 0 Å². The van der Waals surface area contributed by atoms with Crippen molar-refractivity contribution in [3.63, 3.8) is 0 Å². The second-order valence-corrected chi connectivity index (χ2v) is 5.04. The lowest BCUT2D eigenvalue weighted by Crippen LogP contribution is -2.51. The first-order valence-electron chi connectivity index (χ1n) is 4.57. The van der Waals surface area contributed by atoms with Gasteiger partial charge in [0.05, 0.1) is 19.2 Å². The summed E-state index contributed by atoms with van der Waals surface area (Å²) in [7, 11) is -4.23. The fourth-order valence-corrected chi connectivity index (χ4v) is 2.36. The van der Waals surface area contributed by atoms with Crippen LogP contribution in [0.25, 0.3) is 0 Å². The number of rotatable bonds is 3. The molecule has 1 unspecified atom stereocenters. The van der Waals surface area contributed by atoms with Gasteiger partial charge in [-0.15, -0.1) is 0 Å². The maximum absolute atomic E-state index is 11.9. The molecule has 1 aliphatic rings. The maximum atomic E-state index is 11.9. The summed E-state index contributed by atoms with van der Waals surface area (Å²) < 4.78 is 65.6. The molecule has 0 spiro atoms. The number of nitrogens with zero attached hydrogens (tertiary/aromatic N) is 2. The van der Waals surface area contributed by atoms with Crippen LogP contribution in [0.2, 0.25) is 0 Å². The summed E-state index contributed by atoms with van der Waals surface area (Å²) in [5.74, 6) is 0. The van der Waals surface area contributed by atoms with Crippen molar-refractivity contribution in [3.05, 3.63) is 0 Å². The Morgan fingerprint density at radius 1 is 1.53 bits per heavy atom. The number of hydrogen-bond acceptors (Lipinski definition) is 4. The molecule has 0 bridgehead atoms. The molecular weight excluding hydrogens is 263 g/mol. The van der Waals surface area contributed by atoms with E-state index in [4.69, 9.17) is 10.00 Å². The summed E-state index contributed by atoms with van der Waals surface area (Å²) in [5, 5.41) is 8.54. The minimum atomic E-state index is -4.62. The fourth-order valence-electron chi connectivity index (χ4n) is 1.19. The third-order valence-corrected chi connectivity index (χ3v) is 3.49. The highest BCUT2D eigenvalue weighted by Crippen LogP contribution is 2.14. The first-order valence-corrected chi connectivity index (χ1v) is 6.01. The van der Waals surface area contributed by atoms with Crippen molar-refractivity contribution in [3.8, 4) is 6.07 Å². The maximum Gasteiger partial charge on any atom is 0.402 e. The Kier molecular flexibility index (Phi) is 4.31. The first-order chi connectivity index (χ1) is 7.74. The average molecular weight is 273 g/mol. The van der Waals surface area contributed by atoms with Gasteiger partial charge in [0.25, 0.3) is 10.2 Å². The van der Waals surface area contributed by atoms with Crippen molar-refractivity contribution in [2.75, 3.05) is 26.2 Å². The van der Waals surface area contributed by atoms with Gasteiger partial charge < -0.3 is 4.74 Å². The highest BCUT2D eigenvalue weighted by atomic mass is 32.2. The highest BCUT2D eigenvalue weighted by molar-refractivity contribution is 7.87. The summed E-state index contributed by atoms with van der Waals surface area (Å²) in [4.78, 5) is 0. The molecule has 1 rings (SSSR count). The van der Waals surface area contributed by atoms with Gasteiger partial charge in [0.2, 0.25) is 0 Å². The van der Waals surface area contributed by atoms with Crippen molar-refractivity contribution >= 4 is 10.2 Å². The van der Waals surface area contributed by atoms with E-state index in [-0.39, 0.29) is 19.7 Å². The number of hydrogen-bond donors (Lipinski definition) is 1. The van der Waals surface area contributed by atoms with Crippen molar-refractivity contribution < 1.29 is 26.3 Å². The zero-order valence-corrected chi connectivity index (χ0v) is 9.38. The van der Waals surface area contributed by atoms with E-state index >= 15 is 0 Å². The van der Waals surface area contributed by atoms with E-state index in [2.05, 4.69) is 0 Å². The number of nitriles is 1. The molecule has 0 aromatic rings. The smallest absolute Gasteiger partial charge is 0.361 e. The van der Waals surface area contributed by atoms with Crippen LogP contribution >= 0.6 is 0 Å². The highest BCUT2D eigenvalue weighted by Gasteiger charge is 2.34. The van der Waals surface area contributed by atoms with Crippen molar-refractivity contribution in [2.24, 2.45) is 0 Å². The van der Waals surface area contributed by atoms with E-state index in [9.17, 15) is 21.6 Å². The second kappa shape index (κ2) is 5.18. The van der Waals surface area contributed by atoms with Crippen LogP contribution in [0.4, 0.5) is 13.2 Å². The molecule has 1 aliphatic heterocycles. The van der Waals surface area contributed by atoms with Crippen molar-refractivity contribution in [1.82, 2.24) is 9.03 Å². The van der Waals surface area contributed by atoms with Gasteiger partial charge in [-0.05, 0) is 0 Å². The Bertz CT molecular complexity index is 403. The molecule has 1 N–H and O–H groups in total. The third-order valence-electron chi connectivity index (χ3n) is 1.97. The predicted molar refractivity (Wildman–Crippen MR) is 49.9 cm³/mol. The van der Waals surface area contributed by atoms with Crippen LogP contribution in [0.5, 0.6) is 0 Å². The van der Waals surface area contributed by atoms with Gasteiger partial charge in [0.15, 0.2) is 6.10 Å². The average Bonchev–Trinajstić information content (AvgIpc) is 2.26. The zero-order valence-electron chi connectivity index (χ0n) is 8.57. The molecule has 1 saturated heterocycles. The minimum absolute atomic E-state index is 0.0227. The topological polar surface area (TPSA) is 82.4 Å². The largest absolute Gasteiger partial charge is 0.402 e. The van der Waals surface area contributed by atoms with Gasteiger partial charge in [-0.1, -0.05) is 0 Å². The Labute approximate surface area is 96.1 Å². The normalized spacial score (nSPS) is 23.3. The molecule has 0 saturated carbocycles. The van der Waals surface area contributed by atoms with Gasteiger partial charge in [-0.25, -0.2) is 0 Å². The summed E-state index contributed by atoms with van der Waals surface area (Å²) in [5.41, 5.74) is 0. The monoisotopic (exact) mass is 273 g/mol. The van der Waals surface area contributed by atoms with Crippen LogP contribution < -0.4 is 4.72 Å². The fraction of sp³-hybridized carbons (Fsp3) is 0.857. The van der Waals surface area contributed by atoms with Crippen LogP contribution in [0.15, 0.2) is 0 Å². The summed E-state index contributed by atoms with van der Waals surface area (Å²) in [6.07, 6.45) is -5.57. The number of ether oxygens (including phenoxy) is 1. The number of nitrogens with one attached hydrogen (secondary N) is 1. The van der Waals surface area contributed by atoms with Crippen molar-refractivity contribution in [2.45, 2.75) is 12.3 Å². The van der Waals surface area contributed by atoms with Crippen LogP contribution in [0.3, 0.4) is 0 Å². The minimum Gasteiger partial charge on any atom is -0.361 e. The predicted octanol–water partition coefficient (Wildman–Crippen LogP) is -0.393. The first kappa shape index (κ1) is 14.2. The number of halogens is 3. The van der Waals surface area contributed by atoms with E-state index in [1.807, 2.05) is 0 Å². The Morgan fingerprint density at radius 3 is 2.71 bits per heavy atom. The van der Waals surface area contributed by atoms with E-state index in [0.29, 0.717) is 0 Å². The SMILES string of the molecule is N#CC1CN(S(=O)(=O)NCC(F)(F)F)CCO1. The van der Waals surface area contributed by atoms with Crippen LogP contribution in [0, 0.1) is 11.3 Å². The molecule has 98 valence electrons. The third kappa shape index (κ3) is 4.47. The van der Waals surface area contributed by atoms with E-state index in [1.165, 1.54) is 4.72 Å². The molecule has 0 aliphatic carbocycles. The summed E-state index contributed by atoms with van der Waals surface area (Å²) in [6, 6.07) is 1.70. The van der Waals surface area contributed by atoms with Crippen molar-refractivity contribution in [1.29, 1.82) is 5.26 Å².